The summed E-state index contributed by atoms with van der Waals surface area (Å²) in [5, 5.41) is 9.58. The van der Waals surface area contributed by atoms with Crippen molar-refractivity contribution in [1.82, 2.24) is 0 Å². The van der Waals surface area contributed by atoms with Crippen molar-refractivity contribution in [2.24, 2.45) is 5.73 Å². The quantitative estimate of drug-likeness (QED) is 0.785. The molecule has 0 saturated carbocycles. The summed E-state index contributed by atoms with van der Waals surface area (Å²) in [6, 6.07) is 13.4. The Hall–Kier alpha value is -2.78. The van der Waals surface area contributed by atoms with E-state index in [4.69, 9.17) is 14.9 Å². The summed E-state index contributed by atoms with van der Waals surface area (Å²) in [4.78, 5) is 12.5. The Balaban J connectivity index is 1.80. The first-order chi connectivity index (χ1) is 12.6. The Labute approximate surface area is 158 Å². The van der Waals surface area contributed by atoms with E-state index in [1.807, 2.05) is 30.3 Å². The minimum absolute atomic E-state index is 0.0157. The van der Waals surface area contributed by atoms with Crippen LogP contribution in [-0.4, -0.2) is 5.78 Å². The van der Waals surface area contributed by atoms with E-state index in [-0.39, 0.29) is 17.2 Å². The van der Waals surface area contributed by atoms with E-state index in [1.54, 1.807) is 6.07 Å². The van der Waals surface area contributed by atoms with Gasteiger partial charge in [0.05, 0.1) is 5.92 Å². The molecule has 2 N–H and O–H groups in total. The molecular formula is C20H15BrN2O3. The molecule has 1 aliphatic carbocycles. The molecule has 2 aromatic rings. The lowest BCUT2D eigenvalue weighted by molar-refractivity contribution is -0.116. The van der Waals surface area contributed by atoms with Gasteiger partial charge < -0.3 is 14.9 Å². The maximum atomic E-state index is 12.5. The number of allylic oxidation sites excluding steroid dienone is 3. The van der Waals surface area contributed by atoms with Crippen LogP contribution in [0.3, 0.4) is 0 Å². The third-order valence-electron chi connectivity index (χ3n) is 4.64. The molecule has 1 aromatic heterocycles. The third-order valence-corrected chi connectivity index (χ3v) is 5.17. The Morgan fingerprint density at radius 1 is 1.15 bits per heavy atom. The Morgan fingerprint density at radius 3 is 2.65 bits per heavy atom. The van der Waals surface area contributed by atoms with Crippen molar-refractivity contribution in [2.45, 2.75) is 25.2 Å². The molecule has 0 bridgehead atoms. The van der Waals surface area contributed by atoms with Gasteiger partial charge in [-0.25, -0.2) is 0 Å². The van der Waals surface area contributed by atoms with Crippen LogP contribution in [0.5, 0.6) is 0 Å². The number of hydrogen-bond acceptors (Lipinski definition) is 5. The lowest BCUT2D eigenvalue weighted by atomic mass is 9.80. The Kier molecular flexibility index (Phi) is 4.17. The number of ketones is 1. The van der Waals surface area contributed by atoms with Crippen molar-refractivity contribution in [3.63, 3.8) is 0 Å². The zero-order chi connectivity index (χ0) is 18.3. The van der Waals surface area contributed by atoms with Crippen LogP contribution < -0.4 is 5.73 Å². The molecule has 5 nitrogen and oxygen atoms in total. The molecule has 1 aliphatic heterocycles. The van der Waals surface area contributed by atoms with E-state index >= 15 is 0 Å². The normalized spacial score (nSPS) is 19.8. The summed E-state index contributed by atoms with van der Waals surface area (Å²) >= 11 is 3.41. The molecule has 1 atom stereocenters. The SMILES string of the molecule is N#CC1=C(N)OC2=C(C(=O)CCC2)C1c1ccc(-c2ccc(Br)cc2)o1. The number of nitriles is 1. The fraction of sp³-hybridized carbons (Fsp3) is 0.200. The number of carbonyl (C=O) groups is 1. The van der Waals surface area contributed by atoms with Gasteiger partial charge in [-0.05, 0) is 30.7 Å². The predicted molar refractivity (Wildman–Crippen MR) is 98.4 cm³/mol. The van der Waals surface area contributed by atoms with Crippen LogP contribution >= 0.6 is 15.9 Å². The van der Waals surface area contributed by atoms with Crippen LogP contribution in [0, 0.1) is 11.3 Å². The monoisotopic (exact) mass is 410 g/mol. The Morgan fingerprint density at radius 2 is 1.92 bits per heavy atom. The topological polar surface area (TPSA) is 89.3 Å². The minimum atomic E-state index is -0.610. The largest absolute Gasteiger partial charge is 0.460 e. The number of benzene rings is 1. The highest BCUT2D eigenvalue weighted by molar-refractivity contribution is 9.10. The highest BCUT2D eigenvalue weighted by Crippen LogP contribution is 2.44. The second-order valence-corrected chi connectivity index (χ2v) is 7.16. The fourth-order valence-corrected chi connectivity index (χ4v) is 3.68. The molecule has 0 radical (unpaired) electrons. The van der Waals surface area contributed by atoms with Crippen molar-refractivity contribution in [3.05, 3.63) is 69.4 Å². The molecule has 1 aromatic carbocycles. The van der Waals surface area contributed by atoms with Gasteiger partial charge in [0.15, 0.2) is 5.78 Å². The molecule has 0 saturated heterocycles. The smallest absolute Gasteiger partial charge is 0.205 e. The first-order valence-electron chi connectivity index (χ1n) is 8.28. The summed E-state index contributed by atoms with van der Waals surface area (Å²) in [6.07, 6.45) is 1.80. The van der Waals surface area contributed by atoms with Crippen LogP contribution in [-0.2, 0) is 9.53 Å². The van der Waals surface area contributed by atoms with E-state index in [9.17, 15) is 10.1 Å². The third kappa shape index (κ3) is 2.74. The molecule has 130 valence electrons. The second kappa shape index (κ2) is 6.50. The van der Waals surface area contributed by atoms with Crippen molar-refractivity contribution in [2.75, 3.05) is 0 Å². The number of ether oxygens (including phenoxy) is 1. The molecule has 2 heterocycles. The highest BCUT2D eigenvalue weighted by atomic mass is 79.9. The van der Waals surface area contributed by atoms with Gasteiger partial charge in [0.2, 0.25) is 5.88 Å². The molecule has 0 fully saturated rings. The lowest BCUT2D eigenvalue weighted by Gasteiger charge is -2.29. The summed E-state index contributed by atoms with van der Waals surface area (Å²) in [7, 11) is 0. The number of furan rings is 1. The standard InChI is InChI=1S/C20H15BrN2O3/c21-12-6-4-11(5-7-12)15-8-9-17(25-15)18-13(10-22)20(23)26-16-3-1-2-14(24)19(16)18/h4-9,18H,1-3,23H2. The lowest BCUT2D eigenvalue weighted by Crippen LogP contribution is -2.27. The molecule has 2 aliphatic rings. The molecule has 6 heteroatoms. The average molecular weight is 411 g/mol. The fourth-order valence-electron chi connectivity index (χ4n) is 3.42. The molecular weight excluding hydrogens is 396 g/mol. The van der Waals surface area contributed by atoms with Crippen molar-refractivity contribution >= 4 is 21.7 Å². The average Bonchev–Trinajstić information content (AvgIpc) is 3.11. The zero-order valence-electron chi connectivity index (χ0n) is 13.8. The maximum absolute atomic E-state index is 12.5. The van der Waals surface area contributed by atoms with Crippen molar-refractivity contribution < 1.29 is 13.9 Å². The van der Waals surface area contributed by atoms with Crippen LogP contribution in [0.15, 0.2) is 68.1 Å². The summed E-state index contributed by atoms with van der Waals surface area (Å²) in [5.74, 6) is 1.17. The molecule has 0 amide bonds. The van der Waals surface area contributed by atoms with Gasteiger partial charge in [-0.15, -0.1) is 0 Å². The van der Waals surface area contributed by atoms with E-state index < -0.39 is 5.92 Å². The summed E-state index contributed by atoms with van der Waals surface area (Å²) in [5.41, 5.74) is 7.57. The molecule has 0 spiro atoms. The number of hydrogen-bond donors (Lipinski definition) is 1. The minimum Gasteiger partial charge on any atom is -0.460 e. The molecule has 1 unspecified atom stereocenters. The summed E-state index contributed by atoms with van der Waals surface area (Å²) < 4.78 is 12.6. The van der Waals surface area contributed by atoms with Crippen LogP contribution in [0.25, 0.3) is 11.3 Å². The van der Waals surface area contributed by atoms with Gasteiger partial charge in [-0.2, -0.15) is 5.26 Å². The van der Waals surface area contributed by atoms with E-state index in [0.717, 1.165) is 16.5 Å². The van der Waals surface area contributed by atoms with Crippen LogP contribution in [0.1, 0.15) is 30.9 Å². The van der Waals surface area contributed by atoms with Gasteiger partial charge >= 0.3 is 0 Å². The Bertz CT molecular complexity index is 993. The van der Waals surface area contributed by atoms with Crippen LogP contribution in [0.4, 0.5) is 0 Å². The highest BCUT2D eigenvalue weighted by Gasteiger charge is 2.39. The number of nitrogens with zero attached hydrogens (tertiary/aromatic N) is 1. The number of halogens is 1. The van der Waals surface area contributed by atoms with Crippen molar-refractivity contribution in [1.29, 1.82) is 5.26 Å². The summed E-state index contributed by atoms with van der Waals surface area (Å²) in [6.45, 7) is 0. The number of nitrogens with two attached hydrogens (primary N) is 1. The first-order valence-corrected chi connectivity index (χ1v) is 9.07. The molecule has 26 heavy (non-hydrogen) atoms. The first kappa shape index (κ1) is 16.7. The number of rotatable bonds is 2. The zero-order valence-corrected chi connectivity index (χ0v) is 15.4. The molecule has 4 rings (SSSR count). The van der Waals surface area contributed by atoms with Gasteiger partial charge in [0, 0.05) is 28.5 Å². The number of carbonyl (C=O) groups excluding carboxylic acids is 1. The van der Waals surface area contributed by atoms with Crippen molar-refractivity contribution in [3.8, 4) is 17.4 Å². The van der Waals surface area contributed by atoms with Gasteiger partial charge in [-0.1, -0.05) is 28.1 Å². The second-order valence-electron chi connectivity index (χ2n) is 6.25. The number of Topliss-reactive ketones (excluding diaryl/α,β-unsaturated/α-hetero) is 1. The van der Waals surface area contributed by atoms with E-state index in [1.165, 1.54) is 0 Å². The van der Waals surface area contributed by atoms with Gasteiger partial charge in [-0.3, -0.25) is 4.79 Å². The van der Waals surface area contributed by atoms with E-state index in [2.05, 4.69) is 22.0 Å². The van der Waals surface area contributed by atoms with Crippen LogP contribution in [0.2, 0.25) is 0 Å². The van der Waals surface area contributed by atoms with E-state index in [0.29, 0.717) is 35.7 Å². The maximum Gasteiger partial charge on any atom is 0.205 e. The van der Waals surface area contributed by atoms with Gasteiger partial charge in [0.1, 0.15) is 28.9 Å². The van der Waals surface area contributed by atoms with Gasteiger partial charge in [0.25, 0.3) is 0 Å². The predicted octanol–water partition coefficient (Wildman–Crippen LogP) is 4.52.